The summed E-state index contributed by atoms with van der Waals surface area (Å²) in [7, 11) is 1.10. The summed E-state index contributed by atoms with van der Waals surface area (Å²) >= 11 is 0. The number of carbonyl (C=O) groups is 1. The largest absolute Gasteiger partial charge is 0.464 e. The molecule has 2 aromatic heterocycles. The number of alkyl halides is 3. The first-order valence-corrected chi connectivity index (χ1v) is 8.70. The molecule has 3 heterocycles. The highest BCUT2D eigenvalue weighted by molar-refractivity contribution is 5.87. The Bertz CT molecular complexity index is 883. The van der Waals surface area contributed by atoms with Crippen molar-refractivity contribution in [3.8, 4) is 0 Å². The van der Waals surface area contributed by atoms with Gasteiger partial charge in [-0.3, -0.25) is 0 Å². The van der Waals surface area contributed by atoms with E-state index < -0.39 is 18.0 Å². The molecule has 0 spiro atoms. The van der Waals surface area contributed by atoms with Gasteiger partial charge in [0, 0.05) is 25.0 Å². The van der Waals surface area contributed by atoms with Crippen LogP contribution in [0.25, 0.3) is 0 Å². The summed E-state index contributed by atoms with van der Waals surface area (Å²) in [5.41, 5.74) is 0.931. The van der Waals surface area contributed by atoms with Crippen LogP contribution in [0.2, 0.25) is 0 Å². The Hall–Kier alpha value is -2.58. The SMILES string of the molecule is COC(=O)c1cn(Cc2ccc(N3CC4CC4C3)nc2C)c(C(F)(F)F)n1. The number of carbonyl (C=O) groups excluding carboxylic acids is 1. The number of rotatable bonds is 4. The highest BCUT2D eigenvalue weighted by Gasteiger charge is 2.45. The predicted molar refractivity (Wildman–Crippen MR) is 90.5 cm³/mol. The zero-order chi connectivity index (χ0) is 19.3. The van der Waals surface area contributed by atoms with Crippen LogP contribution in [0.3, 0.4) is 0 Å². The number of fused-ring (bicyclic) bond motifs is 1. The molecule has 144 valence electrons. The molecule has 0 amide bonds. The van der Waals surface area contributed by atoms with Crippen molar-refractivity contribution in [3.05, 3.63) is 41.1 Å². The minimum atomic E-state index is -4.68. The average molecular weight is 380 g/mol. The number of anilines is 1. The normalized spacial score (nSPS) is 21.3. The van der Waals surface area contributed by atoms with Gasteiger partial charge in [0.2, 0.25) is 5.82 Å². The first-order chi connectivity index (χ1) is 12.8. The fourth-order valence-electron chi connectivity index (χ4n) is 3.65. The van der Waals surface area contributed by atoms with E-state index in [-0.39, 0.29) is 12.2 Å². The van der Waals surface area contributed by atoms with E-state index in [1.54, 1.807) is 13.0 Å². The second-order valence-corrected chi connectivity index (χ2v) is 7.14. The molecule has 0 aromatic carbocycles. The number of aromatic nitrogens is 3. The number of imidazole rings is 1. The van der Waals surface area contributed by atoms with Gasteiger partial charge >= 0.3 is 12.1 Å². The van der Waals surface area contributed by atoms with Gasteiger partial charge in [-0.2, -0.15) is 13.2 Å². The Labute approximate surface area is 154 Å². The molecule has 4 rings (SSSR count). The third-order valence-electron chi connectivity index (χ3n) is 5.25. The fourth-order valence-corrected chi connectivity index (χ4v) is 3.65. The quantitative estimate of drug-likeness (QED) is 0.764. The molecule has 9 heteroatoms. The Morgan fingerprint density at radius 2 is 1.96 bits per heavy atom. The van der Waals surface area contributed by atoms with Crippen molar-refractivity contribution in [3.63, 3.8) is 0 Å². The smallest absolute Gasteiger partial charge is 0.449 e. The number of piperidine rings is 1. The van der Waals surface area contributed by atoms with Gasteiger partial charge in [-0.05, 0) is 36.8 Å². The summed E-state index contributed by atoms with van der Waals surface area (Å²) in [5.74, 6) is 0.357. The van der Waals surface area contributed by atoms with Gasteiger partial charge in [0.15, 0.2) is 5.69 Å². The van der Waals surface area contributed by atoms with Crippen LogP contribution in [-0.4, -0.2) is 40.7 Å². The minimum Gasteiger partial charge on any atom is -0.464 e. The highest BCUT2D eigenvalue weighted by atomic mass is 19.4. The van der Waals surface area contributed by atoms with Crippen LogP contribution in [-0.2, 0) is 17.5 Å². The van der Waals surface area contributed by atoms with E-state index in [0.29, 0.717) is 11.3 Å². The Morgan fingerprint density at radius 3 is 2.56 bits per heavy atom. The first kappa shape index (κ1) is 17.8. The van der Waals surface area contributed by atoms with Gasteiger partial charge in [0.25, 0.3) is 0 Å². The molecule has 1 aliphatic heterocycles. The van der Waals surface area contributed by atoms with Crippen LogP contribution in [0.5, 0.6) is 0 Å². The van der Waals surface area contributed by atoms with Gasteiger partial charge in [0.05, 0.1) is 13.7 Å². The standard InChI is InChI=1S/C18H19F3N4O2/c1-10-11(3-4-15(22-10)24-7-12-5-13(12)8-24)6-25-9-14(16(26)27-2)23-17(25)18(19,20)21/h3-4,9,12-13H,5-8H2,1-2H3. The van der Waals surface area contributed by atoms with Gasteiger partial charge in [0.1, 0.15) is 5.82 Å². The number of ether oxygens (including phenoxy) is 1. The van der Waals surface area contributed by atoms with Crippen molar-refractivity contribution in [1.29, 1.82) is 0 Å². The Morgan fingerprint density at radius 1 is 1.26 bits per heavy atom. The number of halogens is 3. The maximum absolute atomic E-state index is 13.3. The van der Waals surface area contributed by atoms with Crippen LogP contribution < -0.4 is 4.90 Å². The molecule has 2 atom stereocenters. The van der Waals surface area contributed by atoms with Crippen LogP contribution >= 0.6 is 0 Å². The number of methoxy groups -OCH3 is 1. The van der Waals surface area contributed by atoms with Gasteiger partial charge < -0.3 is 14.2 Å². The summed E-state index contributed by atoms with van der Waals surface area (Å²) in [6.07, 6.45) is -2.32. The maximum atomic E-state index is 13.3. The number of esters is 1. The second-order valence-electron chi connectivity index (χ2n) is 7.14. The van der Waals surface area contributed by atoms with E-state index in [0.717, 1.165) is 48.6 Å². The van der Waals surface area contributed by atoms with Crippen LogP contribution in [0.4, 0.5) is 19.0 Å². The first-order valence-electron chi connectivity index (χ1n) is 8.70. The number of aryl methyl sites for hydroxylation is 1. The zero-order valence-electron chi connectivity index (χ0n) is 15.0. The molecule has 2 aromatic rings. The molecule has 0 radical (unpaired) electrons. The van der Waals surface area contributed by atoms with Gasteiger partial charge in [-0.1, -0.05) is 6.07 Å². The van der Waals surface area contributed by atoms with Crippen molar-refractivity contribution < 1.29 is 22.7 Å². The number of nitrogens with zero attached hydrogens (tertiary/aromatic N) is 4. The van der Waals surface area contributed by atoms with E-state index in [9.17, 15) is 18.0 Å². The molecular formula is C18H19F3N4O2. The fraction of sp³-hybridized carbons (Fsp3) is 0.500. The summed E-state index contributed by atoms with van der Waals surface area (Å²) in [6, 6.07) is 3.64. The van der Waals surface area contributed by atoms with E-state index in [2.05, 4.69) is 19.6 Å². The summed E-state index contributed by atoms with van der Waals surface area (Å²) < 4.78 is 45.2. The van der Waals surface area contributed by atoms with E-state index in [1.807, 2.05) is 6.07 Å². The molecular weight excluding hydrogens is 361 g/mol. The monoisotopic (exact) mass is 380 g/mol. The number of hydrogen-bond donors (Lipinski definition) is 0. The van der Waals surface area contributed by atoms with E-state index in [1.165, 1.54) is 6.42 Å². The third kappa shape index (κ3) is 3.38. The molecule has 1 saturated heterocycles. The van der Waals surface area contributed by atoms with E-state index >= 15 is 0 Å². The lowest BCUT2D eigenvalue weighted by Crippen LogP contribution is -2.23. The Kier molecular flexibility index (Phi) is 4.12. The molecule has 0 N–H and O–H groups in total. The zero-order valence-corrected chi connectivity index (χ0v) is 15.0. The molecule has 1 saturated carbocycles. The topological polar surface area (TPSA) is 60.2 Å². The van der Waals surface area contributed by atoms with Crippen molar-refractivity contribution in [2.45, 2.75) is 26.1 Å². The molecule has 2 unspecified atom stereocenters. The van der Waals surface area contributed by atoms with Crippen LogP contribution in [0.15, 0.2) is 18.3 Å². The Balaban J connectivity index is 1.59. The van der Waals surface area contributed by atoms with E-state index in [4.69, 9.17) is 0 Å². The van der Waals surface area contributed by atoms with Crippen molar-refractivity contribution >= 4 is 11.8 Å². The summed E-state index contributed by atoms with van der Waals surface area (Å²) in [6.45, 7) is 3.70. The molecule has 1 aliphatic carbocycles. The van der Waals surface area contributed by atoms with Crippen molar-refractivity contribution in [2.24, 2.45) is 11.8 Å². The third-order valence-corrected chi connectivity index (χ3v) is 5.25. The van der Waals surface area contributed by atoms with Crippen LogP contribution in [0.1, 0.15) is 34.0 Å². The lowest BCUT2D eigenvalue weighted by Gasteiger charge is -2.20. The second kappa shape index (κ2) is 6.24. The van der Waals surface area contributed by atoms with Crippen molar-refractivity contribution in [2.75, 3.05) is 25.1 Å². The van der Waals surface area contributed by atoms with Gasteiger partial charge in [-0.15, -0.1) is 0 Å². The molecule has 0 bridgehead atoms. The van der Waals surface area contributed by atoms with Crippen molar-refractivity contribution in [1.82, 2.24) is 14.5 Å². The molecule has 2 aliphatic rings. The highest BCUT2D eigenvalue weighted by Crippen LogP contribution is 2.46. The number of hydrogen-bond acceptors (Lipinski definition) is 5. The summed E-state index contributed by atoms with van der Waals surface area (Å²) in [5, 5.41) is 0. The minimum absolute atomic E-state index is 0.0802. The molecule has 27 heavy (non-hydrogen) atoms. The summed E-state index contributed by atoms with van der Waals surface area (Å²) in [4.78, 5) is 21.8. The molecule has 2 fully saturated rings. The van der Waals surface area contributed by atoms with Crippen LogP contribution in [0, 0.1) is 18.8 Å². The number of pyridine rings is 1. The molecule has 6 nitrogen and oxygen atoms in total. The van der Waals surface area contributed by atoms with Gasteiger partial charge in [-0.25, -0.2) is 14.8 Å². The average Bonchev–Trinajstić information content (AvgIpc) is 3.04. The lowest BCUT2D eigenvalue weighted by atomic mass is 10.2. The lowest BCUT2D eigenvalue weighted by molar-refractivity contribution is -0.147. The maximum Gasteiger partial charge on any atom is 0.449 e. The predicted octanol–water partition coefficient (Wildman–Crippen LogP) is 2.90.